The minimum absolute atomic E-state index is 0. The highest BCUT2D eigenvalue weighted by atomic mass is 35.5. The van der Waals surface area contributed by atoms with Crippen molar-refractivity contribution >= 4 is 28.3 Å². The maximum atomic E-state index is 13.8. The molecule has 9 heteroatoms. The topological polar surface area (TPSA) is 78.5 Å². The SMILES string of the molecule is CC(NS(=O)(=O)c1ccccc1F)C(=O)N1CC[C@@H]2CNC[C@@H]2CC1.Cl. The third kappa shape index (κ3) is 4.54. The Morgan fingerprint density at radius 1 is 1.23 bits per heavy atom. The Kier molecular flexibility index (Phi) is 7.01. The first-order chi connectivity index (χ1) is 11.9. The minimum atomic E-state index is -4.08. The number of fused-ring (bicyclic) bond motifs is 1. The van der Waals surface area contributed by atoms with Gasteiger partial charge in [0.25, 0.3) is 0 Å². The van der Waals surface area contributed by atoms with Gasteiger partial charge in [0.15, 0.2) is 0 Å². The predicted octanol–water partition coefficient (Wildman–Crippen LogP) is 1.37. The van der Waals surface area contributed by atoms with Crippen LogP contribution in [0.5, 0.6) is 0 Å². The highest BCUT2D eigenvalue weighted by Gasteiger charge is 2.33. The molecule has 2 saturated heterocycles. The molecule has 0 aliphatic carbocycles. The van der Waals surface area contributed by atoms with Gasteiger partial charge in [-0.2, -0.15) is 4.72 Å². The van der Waals surface area contributed by atoms with E-state index in [1.165, 1.54) is 25.1 Å². The number of carbonyl (C=O) groups excluding carboxylic acids is 1. The van der Waals surface area contributed by atoms with Crippen LogP contribution in [0, 0.1) is 17.7 Å². The van der Waals surface area contributed by atoms with Crippen molar-refractivity contribution in [2.45, 2.75) is 30.7 Å². The van der Waals surface area contributed by atoms with Crippen molar-refractivity contribution in [3.63, 3.8) is 0 Å². The third-order valence-corrected chi connectivity index (χ3v) is 6.73. The molecule has 1 aromatic carbocycles. The summed E-state index contributed by atoms with van der Waals surface area (Å²) in [6.45, 7) is 4.75. The number of sulfonamides is 1. The van der Waals surface area contributed by atoms with Crippen LogP contribution in [0.2, 0.25) is 0 Å². The normalized spacial score (nSPS) is 24.3. The summed E-state index contributed by atoms with van der Waals surface area (Å²) in [5.74, 6) is 0.0871. The Labute approximate surface area is 160 Å². The molecule has 3 atom stereocenters. The Hall–Kier alpha value is -1.22. The number of hydrogen-bond donors (Lipinski definition) is 2. The maximum Gasteiger partial charge on any atom is 0.244 e. The van der Waals surface area contributed by atoms with Gasteiger partial charge in [-0.15, -0.1) is 12.4 Å². The minimum Gasteiger partial charge on any atom is -0.341 e. The maximum absolute atomic E-state index is 13.8. The molecule has 1 amide bonds. The van der Waals surface area contributed by atoms with Gasteiger partial charge in [0.1, 0.15) is 10.7 Å². The molecule has 2 aliphatic heterocycles. The van der Waals surface area contributed by atoms with Gasteiger partial charge in [0.05, 0.1) is 6.04 Å². The summed E-state index contributed by atoms with van der Waals surface area (Å²) in [5.41, 5.74) is 0. The zero-order chi connectivity index (χ0) is 18.0. The average molecular weight is 406 g/mol. The lowest BCUT2D eigenvalue weighted by molar-refractivity contribution is -0.132. The van der Waals surface area contributed by atoms with Gasteiger partial charge in [-0.05, 0) is 56.8 Å². The fraction of sp³-hybridized carbons (Fsp3) is 0.588. The van der Waals surface area contributed by atoms with Crippen LogP contribution in [-0.4, -0.2) is 51.4 Å². The second kappa shape index (κ2) is 8.65. The average Bonchev–Trinajstić information content (AvgIpc) is 2.92. The lowest BCUT2D eigenvalue weighted by Crippen LogP contribution is -2.47. The summed E-state index contributed by atoms with van der Waals surface area (Å²) >= 11 is 0. The molecular weight excluding hydrogens is 381 g/mol. The molecule has 0 spiro atoms. The van der Waals surface area contributed by atoms with E-state index in [1.54, 1.807) is 4.90 Å². The van der Waals surface area contributed by atoms with Gasteiger partial charge in [0, 0.05) is 13.1 Å². The summed E-state index contributed by atoms with van der Waals surface area (Å²) < 4.78 is 40.8. The Bertz CT molecular complexity index is 733. The molecule has 26 heavy (non-hydrogen) atoms. The summed E-state index contributed by atoms with van der Waals surface area (Å²) in [7, 11) is -4.08. The lowest BCUT2D eigenvalue weighted by atomic mass is 9.92. The van der Waals surface area contributed by atoms with Crippen LogP contribution in [0.1, 0.15) is 19.8 Å². The number of amides is 1. The van der Waals surface area contributed by atoms with Crippen LogP contribution < -0.4 is 10.0 Å². The van der Waals surface area contributed by atoms with Crippen LogP contribution in [0.3, 0.4) is 0 Å². The van der Waals surface area contributed by atoms with Gasteiger partial charge in [-0.3, -0.25) is 4.79 Å². The highest BCUT2D eigenvalue weighted by Crippen LogP contribution is 2.27. The predicted molar refractivity (Wildman–Crippen MR) is 99.1 cm³/mol. The monoisotopic (exact) mass is 405 g/mol. The molecule has 2 fully saturated rings. The van der Waals surface area contributed by atoms with Crippen molar-refractivity contribution in [3.8, 4) is 0 Å². The summed E-state index contributed by atoms with van der Waals surface area (Å²) in [5, 5.41) is 3.38. The van der Waals surface area contributed by atoms with Crippen LogP contribution >= 0.6 is 12.4 Å². The highest BCUT2D eigenvalue weighted by molar-refractivity contribution is 7.89. The molecule has 2 N–H and O–H groups in total. The molecule has 1 unspecified atom stereocenters. The van der Waals surface area contributed by atoms with Gasteiger partial charge < -0.3 is 10.2 Å². The molecular formula is C17H25ClFN3O3S. The number of benzene rings is 1. The lowest BCUT2D eigenvalue weighted by Gasteiger charge is -2.25. The van der Waals surface area contributed by atoms with E-state index in [1.807, 2.05) is 0 Å². The number of rotatable bonds is 4. The van der Waals surface area contributed by atoms with Gasteiger partial charge in [-0.1, -0.05) is 12.1 Å². The van der Waals surface area contributed by atoms with E-state index in [9.17, 15) is 17.6 Å². The molecule has 146 valence electrons. The van der Waals surface area contributed by atoms with Crippen molar-refractivity contribution in [1.29, 1.82) is 0 Å². The van der Waals surface area contributed by atoms with Crippen molar-refractivity contribution in [1.82, 2.24) is 14.9 Å². The summed E-state index contributed by atoms with van der Waals surface area (Å²) in [6, 6.07) is 4.22. The van der Waals surface area contributed by atoms with E-state index in [-0.39, 0.29) is 18.3 Å². The van der Waals surface area contributed by atoms with Crippen molar-refractivity contribution < 1.29 is 17.6 Å². The molecule has 0 radical (unpaired) electrons. The standard InChI is InChI=1S/C17H24FN3O3S.ClH/c1-12(20-25(23,24)16-5-3-2-4-15(16)18)17(22)21-8-6-13-10-19-11-14(13)7-9-21;/h2-5,12-14,19-20H,6-11H2,1H3;1H/t12?,13-,14+;. The zero-order valence-electron chi connectivity index (χ0n) is 14.7. The number of carbonyl (C=O) groups is 1. The molecule has 0 bridgehead atoms. The van der Waals surface area contributed by atoms with E-state index in [0.29, 0.717) is 24.9 Å². The third-order valence-electron chi connectivity index (χ3n) is 5.16. The zero-order valence-corrected chi connectivity index (χ0v) is 16.3. The second-order valence-electron chi connectivity index (χ2n) is 6.85. The summed E-state index contributed by atoms with van der Waals surface area (Å²) in [6.07, 6.45) is 1.85. The Balaban J connectivity index is 0.00000243. The van der Waals surface area contributed by atoms with Gasteiger partial charge in [0.2, 0.25) is 15.9 Å². The van der Waals surface area contributed by atoms with Gasteiger partial charge >= 0.3 is 0 Å². The van der Waals surface area contributed by atoms with Crippen LogP contribution in [0.25, 0.3) is 0 Å². The van der Waals surface area contributed by atoms with E-state index in [0.717, 1.165) is 32.0 Å². The van der Waals surface area contributed by atoms with Crippen LogP contribution in [0.4, 0.5) is 4.39 Å². The number of likely N-dealkylation sites (tertiary alicyclic amines) is 1. The molecule has 6 nitrogen and oxygen atoms in total. The van der Waals surface area contributed by atoms with E-state index >= 15 is 0 Å². The number of halogens is 2. The van der Waals surface area contributed by atoms with Crippen molar-refractivity contribution in [3.05, 3.63) is 30.1 Å². The van der Waals surface area contributed by atoms with Gasteiger partial charge in [-0.25, -0.2) is 12.8 Å². The molecule has 1 aromatic rings. The van der Waals surface area contributed by atoms with E-state index < -0.39 is 26.8 Å². The van der Waals surface area contributed by atoms with E-state index in [4.69, 9.17) is 0 Å². The number of nitrogens with one attached hydrogen (secondary N) is 2. The molecule has 3 rings (SSSR count). The van der Waals surface area contributed by atoms with Crippen molar-refractivity contribution in [2.24, 2.45) is 11.8 Å². The first-order valence-electron chi connectivity index (χ1n) is 8.65. The molecule has 2 heterocycles. The van der Waals surface area contributed by atoms with Crippen LogP contribution in [0.15, 0.2) is 29.2 Å². The fourth-order valence-electron chi connectivity index (χ4n) is 3.72. The largest absolute Gasteiger partial charge is 0.341 e. The Morgan fingerprint density at radius 3 is 2.38 bits per heavy atom. The Morgan fingerprint density at radius 2 is 1.81 bits per heavy atom. The molecule has 2 aliphatic rings. The first-order valence-corrected chi connectivity index (χ1v) is 10.1. The quantitative estimate of drug-likeness (QED) is 0.793. The second-order valence-corrected chi connectivity index (χ2v) is 8.54. The molecule has 0 saturated carbocycles. The number of nitrogens with zero attached hydrogens (tertiary/aromatic N) is 1. The molecule has 0 aromatic heterocycles. The van der Waals surface area contributed by atoms with E-state index in [2.05, 4.69) is 10.0 Å². The first kappa shape index (κ1) is 21.1. The summed E-state index contributed by atoms with van der Waals surface area (Å²) in [4.78, 5) is 13.9. The smallest absolute Gasteiger partial charge is 0.244 e. The number of hydrogen-bond acceptors (Lipinski definition) is 4. The van der Waals surface area contributed by atoms with Crippen molar-refractivity contribution in [2.75, 3.05) is 26.2 Å². The van der Waals surface area contributed by atoms with Crippen LogP contribution in [-0.2, 0) is 14.8 Å². The fourth-order valence-corrected chi connectivity index (χ4v) is 5.00.